The first kappa shape index (κ1) is 20.1. The second kappa shape index (κ2) is 8.67. The maximum Gasteiger partial charge on any atom is 0.251 e. The van der Waals surface area contributed by atoms with E-state index in [4.69, 9.17) is 4.42 Å². The molecule has 3 aromatic rings. The Balaban J connectivity index is 1.33. The average Bonchev–Trinajstić information content (AvgIpc) is 3.35. The standard InChI is InChI=1S/C23H19BrN2O4/c24-18-7-5-16(6-8-18)20-10-9-19(30-20)13-25-23(29)17-3-1-15(2-4-17)14-26-21(27)11-12-22(26)28/h1-10H,11-14H2,(H,25,29). The first-order valence-electron chi connectivity index (χ1n) is 9.54. The average molecular weight is 467 g/mol. The van der Waals surface area contributed by atoms with Crippen LogP contribution in [0.4, 0.5) is 0 Å². The van der Waals surface area contributed by atoms with E-state index >= 15 is 0 Å². The van der Waals surface area contributed by atoms with E-state index in [-0.39, 0.29) is 43.7 Å². The molecule has 0 saturated carbocycles. The summed E-state index contributed by atoms with van der Waals surface area (Å²) in [7, 11) is 0. The predicted molar refractivity (Wildman–Crippen MR) is 114 cm³/mol. The summed E-state index contributed by atoms with van der Waals surface area (Å²) in [5.74, 6) is 0.869. The Morgan fingerprint density at radius 1 is 0.933 bits per heavy atom. The first-order chi connectivity index (χ1) is 14.5. The number of rotatable bonds is 6. The van der Waals surface area contributed by atoms with Gasteiger partial charge in [0.05, 0.1) is 13.1 Å². The lowest BCUT2D eigenvalue weighted by Gasteiger charge is -2.13. The lowest BCUT2D eigenvalue weighted by Crippen LogP contribution is -2.28. The third kappa shape index (κ3) is 4.52. The monoisotopic (exact) mass is 466 g/mol. The zero-order valence-corrected chi connectivity index (χ0v) is 17.6. The van der Waals surface area contributed by atoms with Crippen LogP contribution in [0.3, 0.4) is 0 Å². The SMILES string of the molecule is O=C(NCc1ccc(-c2ccc(Br)cc2)o1)c1ccc(CN2C(=O)CCC2=O)cc1. The number of nitrogens with one attached hydrogen (secondary N) is 1. The highest BCUT2D eigenvalue weighted by atomic mass is 79.9. The van der Waals surface area contributed by atoms with Gasteiger partial charge in [0.25, 0.3) is 5.91 Å². The fourth-order valence-electron chi connectivity index (χ4n) is 3.26. The van der Waals surface area contributed by atoms with Crippen LogP contribution in [0.2, 0.25) is 0 Å². The van der Waals surface area contributed by atoms with E-state index in [1.807, 2.05) is 36.4 Å². The summed E-state index contributed by atoms with van der Waals surface area (Å²) in [5, 5.41) is 2.84. The molecule has 0 spiro atoms. The number of hydrogen-bond donors (Lipinski definition) is 1. The zero-order chi connectivity index (χ0) is 21.1. The molecule has 1 N–H and O–H groups in total. The summed E-state index contributed by atoms with van der Waals surface area (Å²) in [4.78, 5) is 37.1. The van der Waals surface area contributed by atoms with Gasteiger partial charge in [0, 0.05) is 28.4 Å². The molecule has 0 bridgehead atoms. The number of carbonyl (C=O) groups is 3. The Hall–Kier alpha value is -3.19. The number of amides is 3. The highest BCUT2D eigenvalue weighted by Crippen LogP contribution is 2.24. The second-order valence-electron chi connectivity index (χ2n) is 7.03. The van der Waals surface area contributed by atoms with E-state index in [1.165, 1.54) is 4.90 Å². The Morgan fingerprint density at radius 3 is 2.27 bits per heavy atom. The summed E-state index contributed by atoms with van der Waals surface area (Å²) < 4.78 is 6.81. The third-order valence-electron chi connectivity index (χ3n) is 4.93. The van der Waals surface area contributed by atoms with E-state index in [0.717, 1.165) is 21.4 Å². The molecular formula is C23H19BrN2O4. The van der Waals surface area contributed by atoms with Crippen molar-refractivity contribution >= 4 is 33.7 Å². The molecule has 0 unspecified atom stereocenters. The van der Waals surface area contributed by atoms with Crippen LogP contribution in [-0.4, -0.2) is 22.6 Å². The predicted octanol–water partition coefficient (Wildman–Crippen LogP) is 4.29. The number of imide groups is 1. The summed E-state index contributed by atoms with van der Waals surface area (Å²) in [6.07, 6.45) is 0.547. The van der Waals surface area contributed by atoms with Crippen molar-refractivity contribution in [2.75, 3.05) is 0 Å². The highest BCUT2D eigenvalue weighted by Gasteiger charge is 2.28. The molecule has 4 rings (SSSR count). The highest BCUT2D eigenvalue weighted by molar-refractivity contribution is 9.10. The third-order valence-corrected chi connectivity index (χ3v) is 5.45. The van der Waals surface area contributed by atoms with E-state index < -0.39 is 0 Å². The summed E-state index contributed by atoms with van der Waals surface area (Å²) >= 11 is 3.41. The normalized spacial score (nSPS) is 13.7. The number of carbonyl (C=O) groups excluding carboxylic acids is 3. The van der Waals surface area contributed by atoms with Crippen LogP contribution < -0.4 is 5.32 Å². The maximum absolute atomic E-state index is 12.4. The molecule has 2 heterocycles. The van der Waals surface area contributed by atoms with Gasteiger partial charge in [-0.05, 0) is 42.0 Å². The minimum absolute atomic E-state index is 0.150. The van der Waals surface area contributed by atoms with Crippen LogP contribution >= 0.6 is 15.9 Å². The van der Waals surface area contributed by atoms with Crippen LogP contribution in [0.15, 0.2) is 69.6 Å². The molecule has 0 atom stereocenters. The van der Waals surface area contributed by atoms with Gasteiger partial charge in [0.15, 0.2) is 0 Å². The van der Waals surface area contributed by atoms with Crippen molar-refractivity contribution in [3.63, 3.8) is 0 Å². The zero-order valence-electron chi connectivity index (χ0n) is 16.1. The Morgan fingerprint density at radius 2 is 1.60 bits per heavy atom. The molecule has 0 aliphatic carbocycles. The maximum atomic E-state index is 12.4. The van der Waals surface area contributed by atoms with Crippen molar-refractivity contribution in [2.45, 2.75) is 25.9 Å². The van der Waals surface area contributed by atoms with Gasteiger partial charge in [0.1, 0.15) is 11.5 Å². The minimum Gasteiger partial charge on any atom is -0.459 e. The number of nitrogens with zero attached hydrogens (tertiary/aromatic N) is 1. The van der Waals surface area contributed by atoms with Crippen LogP contribution in [0.25, 0.3) is 11.3 Å². The van der Waals surface area contributed by atoms with Crippen LogP contribution in [0, 0.1) is 0 Å². The number of benzene rings is 2. The van der Waals surface area contributed by atoms with Gasteiger partial charge >= 0.3 is 0 Å². The number of halogens is 1. The molecule has 6 nitrogen and oxygen atoms in total. The summed E-state index contributed by atoms with van der Waals surface area (Å²) in [5.41, 5.74) is 2.26. The van der Waals surface area contributed by atoms with E-state index in [9.17, 15) is 14.4 Å². The molecule has 1 aromatic heterocycles. The van der Waals surface area contributed by atoms with Crippen molar-refractivity contribution < 1.29 is 18.8 Å². The molecule has 1 fully saturated rings. The molecule has 2 aromatic carbocycles. The Kier molecular flexibility index (Phi) is 5.81. The van der Waals surface area contributed by atoms with Crippen LogP contribution in [-0.2, 0) is 22.7 Å². The van der Waals surface area contributed by atoms with Gasteiger partial charge in [-0.25, -0.2) is 0 Å². The smallest absolute Gasteiger partial charge is 0.251 e. The van der Waals surface area contributed by atoms with Crippen LogP contribution in [0.1, 0.15) is 34.5 Å². The molecule has 0 radical (unpaired) electrons. The number of hydrogen-bond acceptors (Lipinski definition) is 4. The fraction of sp³-hybridized carbons (Fsp3) is 0.174. The van der Waals surface area contributed by atoms with Crippen molar-refractivity contribution in [2.24, 2.45) is 0 Å². The second-order valence-corrected chi connectivity index (χ2v) is 7.94. The summed E-state index contributed by atoms with van der Waals surface area (Å²) in [6, 6.07) is 18.4. The topological polar surface area (TPSA) is 79.6 Å². The van der Waals surface area contributed by atoms with Crippen molar-refractivity contribution in [3.05, 3.63) is 82.0 Å². The first-order valence-corrected chi connectivity index (χ1v) is 10.3. The molecule has 1 aliphatic rings. The Bertz CT molecular complexity index is 1070. The number of likely N-dealkylation sites (tertiary alicyclic amines) is 1. The lowest BCUT2D eigenvalue weighted by molar-refractivity contribution is -0.139. The van der Waals surface area contributed by atoms with E-state index in [2.05, 4.69) is 21.2 Å². The summed E-state index contributed by atoms with van der Waals surface area (Å²) in [6.45, 7) is 0.513. The van der Waals surface area contributed by atoms with Crippen molar-refractivity contribution in [3.8, 4) is 11.3 Å². The lowest BCUT2D eigenvalue weighted by atomic mass is 10.1. The van der Waals surface area contributed by atoms with E-state index in [1.54, 1.807) is 24.3 Å². The minimum atomic E-state index is -0.225. The molecule has 152 valence electrons. The van der Waals surface area contributed by atoms with Crippen molar-refractivity contribution in [1.29, 1.82) is 0 Å². The van der Waals surface area contributed by atoms with Gasteiger partial charge < -0.3 is 9.73 Å². The van der Waals surface area contributed by atoms with Gasteiger partial charge in [-0.15, -0.1) is 0 Å². The quantitative estimate of drug-likeness (QED) is 0.549. The van der Waals surface area contributed by atoms with Crippen LogP contribution in [0.5, 0.6) is 0 Å². The molecule has 1 saturated heterocycles. The number of furan rings is 1. The molecular weight excluding hydrogens is 448 g/mol. The van der Waals surface area contributed by atoms with Gasteiger partial charge in [-0.3, -0.25) is 19.3 Å². The van der Waals surface area contributed by atoms with Crippen molar-refractivity contribution in [1.82, 2.24) is 10.2 Å². The van der Waals surface area contributed by atoms with Gasteiger partial charge in [-0.2, -0.15) is 0 Å². The molecule has 7 heteroatoms. The van der Waals surface area contributed by atoms with Gasteiger partial charge in [0.2, 0.25) is 11.8 Å². The molecule has 30 heavy (non-hydrogen) atoms. The largest absolute Gasteiger partial charge is 0.459 e. The van der Waals surface area contributed by atoms with Gasteiger partial charge in [-0.1, -0.05) is 40.2 Å². The molecule has 1 aliphatic heterocycles. The Labute approximate surface area is 182 Å². The fourth-order valence-corrected chi connectivity index (χ4v) is 3.52. The van der Waals surface area contributed by atoms with E-state index in [0.29, 0.717) is 11.3 Å². The molecule has 3 amide bonds.